The van der Waals surface area contributed by atoms with Gasteiger partial charge in [0.2, 0.25) is 0 Å². The fraction of sp³-hybridized carbons (Fsp3) is 0.350. The summed E-state index contributed by atoms with van der Waals surface area (Å²) in [4.78, 5) is 35.7. The molecule has 13 heteroatoms. The van der Waals surface area contributed by atoms with Crippen molar-refractivity contribution in [2.75, 3.05) is 11.9 Å². The molecule has 2 atom stereocenters. The van der Waals surface area contributed by atoms with E-state index in [-0.39, 0.29) is 28.7 Å². The number of cyclic esters (lactones) is 1. The number of nitrogens with one attached hydrogen (secondary N) is 1. The molecule has 0 spiro atoms. The molecule has 0 amide bonds. The van der Waals surface area contributed by atoms with Crippen LogP contribution in [0.15, 0.2) is 24.3 Å². The van der Waals surface area contributed by atoms with Crippen LogP contribution in [0.1, 0.15) is 30.6 Å². The summed E-state index contributed by atoms with van der Waals surface area (Å²) in [7, 11) is 0. The molecule has 0 bridgehead atoms. The Labute approximate surface area is 189 Å². The zero-order chi connectivity index (χ0) is 24.6. The van der Waals surface area contributed by atoms with Gasteiger partial charge in [-0.3, -0.25) is 4.79 Å². The molecule has 3 rings (SSSR count). The molecule has 0 radical (unpaired) electrons. The predicted molar refractivity (Wildman–Crippen MR) is 106 cm³/mol. The third-order valence-electron chi connectivity index (χ3n) is 5.26. The van der Waals surface area contributed by atoms with Crippen molar-refractivity contribution in [3.8, 4) is 11.3 Å². The monoisotopic (exact) mass is 489 g/mol. The second-order valence-electron chi connectivity index (χ2n) is 7.46. The number of aromatic nitrogens is 2. The highest BCUT2D eigenvalue weighted by atomic mass is 35.5. The summed E-state index contributed by atoms with van der Waals surface area (Å²) < 4.78 is 60.9. The van der Waals surface area contributed by atoms with Crippen LogP contribution >= 0.6 is 11.6 Å². The molecule has 0 aliphatic carbocycles. The predicted octanol–water partition coefficient (Wildman–Crippen LogP) is 3.94. The van der Waals surface area contributed by atoms with Crippen LogP contribution in [-0.4, -0.2) is 46.9 Å². The van der Waals surface area contributed by atoms with E-state index in [2.05, 4.69) is 20.3 Å². The summed E-state index contributed by atoms with van der Waals surface area (Å²) in [5, 5.41) is 10.4. The number of nitrogens with zero attached hydrogens (tertiary/aromatic N) is 2. The van der Waals surface area contributed by atoms with Crippen LogP contribution in [0.5, 0.6) is 0 Å². The Morgan fingerprint density at radius 2 is 1.97 bits per heavy atom. The third-order valence-corrected chi connectivity index (χ3v) is 5.50. The van der Waals surface area contributed by atoms with E-state index in [4.69, 9.17) is 16.3 Å². The van der Waals surface area contributed by atoms with E-state index in [9.17, 15) is 31.9 Å². The molecule has 1 fully saturated rings. The number of ether oxygens (including phenoxy) is 2. The van der Waals surface area contributed by atoms with Crippen LogP contribution in [0.2, 0.25) is 5.02 Å². The smallest absolute Gasteiger partial charge is 0.465 e. The number of carbonyl (C=O) groups is 3. The minimum absolute atomic E-state index is 0.119. The van der Waals surface area contributed by atoms with Crippen LogP contribution < -0.4 is 5.32 Å². The summed E-state index contributed by atoms with van der Waals surface area (Å²) in [6.07, 6.45) is -5.11. The maximum Gasteiger partial charge on any atom is 0.491 e. The lowest BCUT2D eigenvalue weighted by Crippen LogP contribution is -2.40. The highest BCUT2D eigenvalue weighted by molar-refractivity contribution is 6.30. The van der Waals surface area contributed by atoms with Gasteiger partial charge in [-0.1, -0.05) is 11.6 Å². The molecule has 2 aromatic rings. The van der Waals surface area contributed by atoms with Gasteiger partial charge in [-0.05, 0) is 44.5 Å². The molecule has 1 aromatic carbocycles. The van der Waals surface area contributed by atoms with Crippen LogP contribution in [0.25, 0.3) is 11.3 Å². The van der Waals surface area contributed by atoms with Gasteiger partial charge in [-0.2, -0.15) is 13.2 Å². The van der Waals surface area contributed by atoms with Crippen molar-refractivity contribution >= 4 is 35.3 Å². The minimum atomic E-state index is -5.43. The molecule has 2 heterocycles. The van der Waals surface area contributed by atoms with Gasteiger partial charge in [0.25, 0.3) is 0 Å². The van der Waals surface area contributed by atoms with Crippen molar-refractivity contribution in [2.45, 2.75) is 32.5 Å². The van der Waals surface area contributed by atoms with Gasteiger partial charge in [0.1, 0.15) is 11.4 Å². The number of alkyl halides is 3. The molecule has 176 valence electrons. The average molecular weight is 490 g/mol. The number of hydrogen-bond acceptors (Lipinski definition) is 8. The maximum atomic E-state index is 14.3. The first kappa shape index (κ1) is 24.4. The highest BCUT2D eigenvalue weighted by Crippen LogP contribution is 2.35. The molecular formula is C20H16ClF4N3O5. The van der Waals surface area contributed by atoms with E-state index >= 15 is 0 Å². The lowest BCUT2D eigenvalue weighted by Gasteiger charge is -2.28. The Balaban J connectivity index is 2.03. The highest BCUT2D eigenvalue weighted by Gasteiger charge is 2.46. The molecule has 1 aliphatic heterocycles. The Bertz CT molecular complexity index is 1130. The molecule has 33 heavy (non-hydrogen) atoms. The number of hydrogen-bond donors (Lipinski definition) is 1. The summed E-state index contributed by atoms with van der Waals surface area (Å²) >= 11 is 5.86. The number of rotatable bonds is 5. The van der Waals surface area contributed by atoms with Gasteiger partial charge in [0.15, 0.2) is 5.82 Å². The Kier molecular flexibility index (Phi) is 6.59. The van der Waals surface area contributed by atoms with Crippen LogP contribution in [-0.2, 0) is 19.1 Å². The van der Waals surface area contributed by atoms with E-state index < -0.39 is 46.9 Å². The molecule has 1 N–H and O–H groups in total. The van der Waals surface area contributed by atoms with Crippen molar-refractivity contribution in [1.82, 2.24) is 10.2 Å². The van der Waals surface area contributed by atoms with Crippen molar-refractivity contribution in [3.05, 3.63) is 40.7 Å². The summed E-state index contributed by atoms with van der Waals surface area (Å²) in [6, 6.07) is 3.62. The second-order valence-corrected chi connectivity index (χ2v) is 7.90. The van der Waals surface area contributed by atoms with E-state index in [1.165, 1.54) is 12.1 Å². The van der Waals surface area contributed by atoms with Gasteiger partial charge in [0.05, 0.1) is 17.7 Å². The third kappa shape index (κ3) is 5.05. The lowest BCUT2D eigenvalue weighted by molar-refractivity contribution is -0.193. The number of esters is 3. The maximum absolute atomic E-state index is 14.3. The van der Waals surface area contributed by atoms with Crippen LogP contribution in [0.3, 0.4) is 0 Å². The SMILES string of the molecule is CC(Nc1nnc(-c2cc(Cl)ccc2F)cc1C(=O)OC(=O)C(F)(F)F)C1(C)CCOC1=O. The molecule has 1 aliphatic rings. The molecule has 2 unspecified atom stereocenters. The summed E-state index contributed by atoms with van der Waals surface area (Å²) in [5.74, 6) is -6.15. The Hall–Kier alpha value is -3.28. The van der Waals surface area contributed by atoms with Gasteiger partial charge < -0.3 is 14.8 Å². The van der Waals surface area contributed by atoms with Gasteiger partial charge in [0, 0.05) is 16.6 Å². The van der Waals surface area contributed by atoms with Gasteiger partial charge in [-0.25, -0.2) is 14.0 Å². The molecular weight excluding hydrogens is 474 g/mol. The number of anilines is 1. The van der Waals surface area contributed by atoms with E-state index in [0.717, 1.165) is 12.1 Å². The Morgan fingerprint density at radius 3 is 2.58 bits per heavy atom. The van der Waals surface area contributed by atoms with Crippen molar-refractivity contribution in [3.63, 3.8) is 0 Å². The van der Waals surface area contributed by atoms with Gasteiger partial charge >= 0.3 is 24.1 Å². The van der Waals surface area contributed by atoms with E-state index in [0.29, 0.717) is 6.42 Å². The fourth-order valence-electron chi connectivity index (χ4n) is 3.06. The molecule has 1 saturated heterocycles. The van der Waals surface area contributed by atoms with E-state index in [1.54, 1.807) is 13.8 Å². The zero-order valence-corrected chi connectivity index (χ0v) is 17.9. The van der Waals surface area contributed by atoms with E-state index in [1.807, 2.05) is 0 Å². The number of carbonyl (C=O) groups excluding carboxylic acids is 3. The first-order valence-corrected chi connectivity index (χ1v) is 9.81. The zero-order valence-electron chi connectivity index (χ0n) is 17.1. The standard InChI is InChI=1S/C20H16ClF4N3O5/c1-9(19(2)5-6-32-17(19)30)26-15-12(16(29)33-18(31)20(23,24)25)8-14(27-28-15)11-7-10(21)3-4-13(11)22/h3-4,7-9H,5-6H2,1-2H3,(H,26,28). The van der Waals surface area contributed by atoms with Crippen molar-refractivity contribution in [1.29, 1.82) is 0 Å². The normalized spacial score (nSPS) is 19.1. The summed E-state index contributed by atoms with van der Waals surface area (Å²) in [5.41, 5.74) is -2.13. The summed E-state index contributed by atoms with van der Waals surface area (Å²) in [6.45, 7) is 3.32. The van der Waals surface area contributed by atoms with Crippen LogP contribution in [0, 0.1) is 11.2 Å². The number of benzene rings is 1. The minimum Gasteiger partial charge on any atom is -0.465 e. The van der Waals surface area contributed by atoms with Gasteiger partial charge in [-0.15, -0.1) is 10.2 Å². The fourth-order valence-corrected chi connectivity index (χ4v) is 3.23. The largest absolute Gasteiger partial charge is 0.491 e. The number of halogens is 5. The van der Waals surface area contributed by atoms with Crippen LogP contribution in [0.4, 0.5) is 23.4 Å². The molecule has 8 nitrogen and oxygen atoms in total. The van der Waals surface area contributed by atoms with Crippen molar-refractivity contribution < 1.29 is 41.4 Å². The molecule has 0 saturated carbocycles. The Morgan fingerprint density at radius 1 is 1.27 bits per heavy atom. The van der Waals surface area contributed by atoms with Crippen molar-refractivity contribution in [2.24, 2.45) is 5.41 Å². The topological polar surface area (TPSA) is 107 Å². The first-order valence-electron chi connectivity index (χ1n) is 9.43. The lowest BCUT2D eigenvalue weighted by atomic mass is 9.82. The quantitative estimate of drug-likeness (QED) is 0.382. The molecule has 1 aromatic heterocycles. The average Bonchev–Trinajstić information content (AvgIpc) is 3.09. The second kappa shape index (κ2) is 8.93. The first-order chi connectivity index (χ1) is 15.3.